The zero-order valence-electron chi connectivity index (χ0n) is 9.15. The Morgan fingerprint density at radius 3 is 2.44 bits per heavy atom. The van der Waals surface area contributed by atoms with Crippen molar-refractivity contribution in [2.75, 3.05) is 0 Å². The molecule has 1 aromatic heterocycles. The molecule has 2 aromatic rings. The second-order valence-electron chi connectivity index (χ2n) is 3.70. The van der Waals surface area contributed by atoms with E-state index >= 15 is 0 Å². The van der Waals surface area contributed by atoms with E-state index < -0.39 is 5.91 Å². The summed E-state index contributed by atoms with van der Waals surface area (Å²) in [4.78, 5) is 22.9. The van der Waals surface area contributed by atoms with Crippen LogP contribution < -0.4 is 5.73 Å². The van der Waals surface area contributed by atoms with E-state index in [2.05, 4.69) is 0 Å². The Hall–Kier alpha value is -2.10. The van der Waals surface area contributed by atoms with Crippen molar-refractivity contribution in [3.8, 4) is 0 Å². The highest BCUT2D eigenvalue weighted by atomic mass is 16.2. The fourth-order valence-corrected chi connectivity index (χ4v) is 2.08. The Bertz CT molecular complexity index is 545. The van der Waals surface area contributed by atoms with Gasteiger partial charge in [-0.25, -0.2) is 0 Å². The molecule has 0 saturated carbocycles. The minimum Gasteiger partial charge on any atom is -0.366 e. The number of hydrogen-bond acceptors (Lipinski definition) is 2. The first-order valence-corrected chi connectivity index (χ1v) is 4.95. The van der Waals surface area contributed by atoms with Crippen LogP contribution in [0.3, 0.4) is 0 Å². The molecule has 2 N–H and O–H groups in total. The van der Waals surface area contributed by atoms with Crippen molar-refractivity contribution < 1.29 is 9.59 Å². The molecule has 0 bridgehead atoms. The summed E-state index contributed by atoms with van der Waals surface area (Å²) in [6.45, 7) is 3.19. The first kappa shape index (κ1) is 10.4. The molecule has 4 nitrogen and oxygen atoms in total. The number of nitrogens with zero attached hydrogens (tertiary/aromatic N) is 1. The van der Waals surface area contributed by atoms with Crippen LogP contribution in [0.15, 0.2) is 24.3 Å². The third-order valence-electron chi connectivity index (χ3n) is 2.67. The molecule has 0 aliphatic heterocycles. The summed E-state index contributed by atoms with van der Waals surface area (Å²) in [7, 11) is 0. The number of carbonyl (C=O) groups is 2. The minimum atomic E-state index is -0.506. The number of primary amides is 1. The summed E-state index contributed by atoms with van der Waals surface area (Å²) in [5.74, 6) is -0.630. The molecule has 1 heterocycles. The molecule has 2 rings (SSSR count). The van der Waals surface area contributed by atoms with Gasteiger partial charge in [0, 0.05) is 18.0 Å². The van der Waals surface area contributed by atoms with Crippen LogP contribution in [0.1, 0.15) is 27.8 Å². The molecule has 1 aromatic carbocycles. The first-order valence-electron chi connectivity index (χ1n) is 4.95. The van der Waals surface area contributed by atoms with Gasteiger partial charge in [0.1, 0.15) is 0 Å². The van der Waals surface area contributed by atoms with E-state index in [9.17, 15) is 9.59 Å². The molecule has 0 saturated heterocycles. The largest absolute Gasteiger partial charge is 0.366 e. The maximum absolute atomic E-state index is 11.5. The first-order chi connectivity index (χ1) is 7.54. The van der Waals surface area contributed by atoms with Crippen LogP contribution >= 0.6 is 0 Å². The van der Waals surface area contributed by atoms with E-state index in [1.165, 1.54) is 11.5 Å². The summed E-state index contributed by atoms with van der Waals surface area (Å²) in [5.41, 5.74) is 7.07. The van der Waals surface area contributed by atoms with Crippen molar-refractivity contribution in [3.05, 3.63) is 35.5 Å². The topological polar surface area (TPSA) is 65.1 Å². The van der Waals surface area contributed by atoms with E-state index in [0.29, 0.717) is 11.3 Å². The van der Waals surface area contributed by atoms with Crippen LogP contribution in [0.25, 0.3) is 10.9 Å². The highest BCUT2D eigenvalue weighted by Crippen LogP contribution is 2.25. The summed E-state index contributed by atoms with van der Waals surface area (Å²) in [6, 6.07) is 7.24. The average molecular weight is 216 g/mol. The summed E-state index contributed by atoms with van der Waals surface area (Å²) in [5, 5.41) is 0.725. The predicted molar refractivity (Wildman–Crippen MR) is 61.5 cm³/mol. The maximum atomic E-state index is 11.5. The smallest absolute Gasteiger partial charge is 0.251 e. The van der Waals surface area contributed by atoms with Crippen LogP contribution in [0, 0.1) is 6.92 Å². The van der Waals surface area contributed by atoms with Crippen molar-refractivity contribution >= 4 is 22.7 Å². The Kier molecular flexibility index (Phi) is 2.27. The molecule has 1 amide bonds. The third-order valence-corrected chi connectivity index (χ3v) is 2.67. The van der Waals surface area contributed by atoms with E-state index in [1.54, 1.807) is 19.1 Å². The number of fused-ring (bicyclic) bond motifs is 1. The highest BCUT2D eigenvalue weighted by molar-refractivity contribution is 6.10. The summed E-state index contributed by atoms with van der Waals surface area (Å²) < 4.78 is 1.51. The van der Waals surface area contributed by atoms with E-state index in [0.717, 1.165) is 10.9 Å². The molecule has 0 fully saturated rings. The van der Waals surface area contributed by atoms with E-state index in [1.807, 2.05) is 12.1 Å². The fourth-order valence-electron chi connectivity index (χ4n) is 2.08. The second-order valence-corrected chi connectivity index (χ2v) is 3.70. The lowest BCUT2D eigenvalue weighted by molar-refractivity contribution is 0.0939. The zero-order chi connectivity index (χ0) is 11.9. The Morgan fingerprint density at radius 2 is 1.88 bits per heavy atom. The summed E-state index contributed by atoms with van der Waals surface area (Å²) in [6.07, 6.45) is 0. The van der Waals surface area contributed by atoms with Gasteiger partial charge >= 0.3 is 0 Å². The van der Waals surface area contributed by atoms with E-state index in [4.69, 9.17) is 5.73 Å². The van der Waals surface area contributed by atoms with Crippen LogP contribution in [0.4, 0.5) is 0 Å². The van der Waals surface area contributed by atoms with Crippen molar-refractivity contribution in [1.29, 1.82) is 0 Å². The Labute approximate surface area is 92.7 Å². The van der Waals surface area contributed by atoms with Gasteiger partial charge in [0.15, 0.2) is 0 Å². The molecule has 16 heavy (non-hydrogen) atoms. The van der Waals surface area contributed by atoms with Crippen LogP contribution in [-0.4, -0.2) is 16.4 Å². The lowest BCUT2D eigenvalue weighted by Gasteiger charge is -2.01. The van der Waals surface area contributed by atoms with Gasteiger partial charge < -0.3 is 5.73 Å². The highest BCUT2D eigenvalue weighted by Gasteiger charge is 2.18. The molecule has 0 spiro atoms. The molecule has 4 heteroatoms. The molecule has 0 unspecified atom stereocenters. The normalized spacial score (nSPS) is 10.6. The van der Waals surface area contributed by atoms with E-state index in [-0.39, 0.29) is 5.91 Å². The van der Waals surface area contributed by atoms with Gasteiger partial charge in [-0.05, 0) is 13.0 Å². The Morgan fingerprint density at radius 1 is 1.25 bits per heavy atom. The van der Waals surface area contributed by atoms with Crippen LogP contribution in [0.2, 0.25) is 0 Å². The SMILES string of the molecule is CC(=O)n1c(C)c(C(N)=O)c2ccccc21. The number of benzene rings is 1. The lowest BCUT2D eigenvalue weighted by Crippen LogP contribution is -2.14. The average Bonchev–Trinajstić information content (AvgIpc) is 2.49. The van der Waals surface area contributed by atoms with Gasteiger partial charge in [-0.15, -0.1) is 0 Å². The van der Waals surface area contributed by atoms with Gasteiger partial charge in [-0.3, -0.25) is 14.2 Å². The zero-order valence-corrected chi connectivity index (χ0v) is 9.15. The monoisotopic (exact) mass is 216 g/mol. The van der Waals surface area contributed by atoms with Crippen molar-refractivity contribution in [1.82, 2.24) is 4.57 Å². The van der Waals surface area contributed by atoms with Gasteiger partial charge in [-0.1, -0.05) is 18.2 Å². The molecular weight excluding hydrogens is 204 g/mol. The molecule has 82 valence electrons. The third kappa shape index (κ3) is 1.31. The fraction of sp³-hybridized carbons (Fsp3) is 0.167. The van der Waals surface area contributed by atoms with Crippen LogP contribution in [-0.2, 0) is 0 Å². The second kappa shape index (κ2) is 3.48. The number of carbonyl (C=O) groups excluding carboxylic acids is 2. The summed E-state index contributed by atoms with van der Waals surface area (Å²) >= 11 is 0. The van der Waals surface area contributed by atoms with Gasteiger partial charge in [0.25, 0.3) is 5.91 Å². The number of rotatable bonds is 1. The quantitative estimate of drug-likeness (QED) is 0.788. The lowest BCUT2D eigenvalue weighted by atomic mass is 10.1. The predicted octanol–water partition coefficient (Wildman–Crippen LogP) is 1.71. The van der Waals surface area contributed by atoms with Crippen molar-refractivity contribution in [3.63, 3.8) is 0 Å². The van der Waals surface area contributed by atoms with Gasteiger partial charge in [-0.2, -0.15) is 0 Å². The van der Waals surface area contributed by atoms with Crippen molar-refractivity contribution in [2.24, 2.45) is 5.73 Å². The van der Waals surface area contributed by atoms with Gasteiger partial charge in [0.2, 0.25) is 5.91 Å². The number of para-hydroxylation sites is 1. The molecule has 0 radical (unpaired) electrons. The number of nitrogens with two attached hydrogens (primary N) is 1. The number of aromatic nitrogens is 1. The van der Waals surface area contributed by atoms with Gasteiger partial charge in [0.05, 0.1) is 11.1 Å². The number of amides is 1. The maximum Gasteiger partial charge on any atom is 0.251 e. The molecule has 0 atom stereocenters. The number of hydrogen-bond donors (Lipinski definition) is 1. The molecule has 0 aliphatic carbocycles. The van der Waals surface area contributed by atoms with Crippen molar-refractivity contribution in [2.45, 2.75) is 13.8 Å². The molecular formula is C12H12N2O2. The minimum absolute atomic E-state index is 0.124. The standard InChI is InChI=1S/C12H12N2O2/c1-7-11(12(13)16)9-5-3-4-6-10(9)14(7)8(2)15/h3-6H,1-2H3,(H2,13,16). The Balaban J connectivity index is 2.97. The van der Waals surface area contributed by atoms with Crippen LogP contribution in [0.5, 0.6) is 0 Å². The molecule has 0 aliphatic rings.